The Labute approximate surface area is 247 Å². The summed E-state index contributed by atoms with van der Waals surface area (Å²) in [6, 6.07) is 9.31. The van der Waals surface area contributed by atoms with E-state index in [9.17, 15) is 23.5 Å². The molecule has 1 unspecified atom stereocenters. The summed E-state index contributed by atoms with van der Waals surface area (Å²) in [5.41, 5.74) is 3.56. The smallest absolute Gasteiger partial charge is 0.251 e. The molecule has 0 spiro atoms. The largest absolute Gasteiger partial charge is 0.392 e. The van der Waals surface area contributed by atoms with E-state index in [-0.39, 0.29) is 12.0 Å². The van der Waals surface area contributed by atoms with E-state index in [4.69, 9.17) is 0 Å². The van der Waals surface area contributed by atoms with E-state index in [1.54, 1.807) is 11.8 Å². The van der Waals surface area contributed by atoms with Crippen LogP contribution >= 0.6 is 0 Å². The molecule has 0 aromatic heterocycles. The molecule has 8 heteroatoms. The zero-order valence-electron chi connectivity index (χ0n) is 26.3. The summed E-state index contributed by atoms with van der Waals surface area (Å²) < 4.78 is 24.4. The third-order valence-corrected chi connectivity index (χ3v) is 5.85. The van der Waals surface area contributed by atoms with Gasteiger partial charge in [-0.3, -0.25) is 9.59 Å². The molecule has 3 rings (SSSR count). The third-order valence-electron chi connectivity index (χ3n) is 5.85. The quantitative estimate of drug-likeness (QED) is 0.252. The second-order valence-electron chi connectivity index (χ2n) is 10.5. The Morgan fingerprint density at radius 2 is 1.46 bits per heavy atom. The molecule has 0 aliphatic carbocycles. The van der Waals surface area contributed by atoms with Crippen LogP contribution in [0.25, 0.3) is 0 Å². The average molecular weight is 578 g/mol. The van der Waals surface area contributed by atoms with Crippen molar-refractivity contribution in [3.8, 4) is 0 Å². The first-order valence-electron chi connectivity index (χ1n) is 14.9. The number of β-amino-alcohol motifs (C(OH)–C–C–N with tert-alkyl or cyclic N) is 1. The zero-order valence-corrected chi connectivity index (χ0v) is 26.3. The van der Waals surface area contributed by atoms with E-state index < -0.39 is 11.6 Å². The van der Waals surface area contributed by atoms with Crippen LogP contribution in [-0.4, -0.2) is 72.6 Å². The Morgan fingerprint density at radius 3 is 1.88 bits per heavy atom. The van der Waals surface area contributed by atoms with Crippen molar-refractivity contribution in [1.29, 1.82) is 0 Å². The second kappa shape index (κ2) is 22.8. The maximum absolute atomic E-state index is 12.2. The number of aryl methyl sites for hydroxylation is 3. The van der Waals surface area contributed by atoms with Gasteiger partial charge >= 0.3 is 0 Å². The van der Waals surface area contributed by atoms with Gasteiger partial charge in [-0.25, -0.2) is 8.78 Å². The number of nitrogens with zero attached hydrogens (tertiary/aromatic N) is 2. The molecule has 1 aliphatic heterocycles. The van der Waals surface area contributed by atoms with E-state index >= 15 is 0 Å². The zero-order chi connectivity index (χ0) is 31.2. The van der Waals surface area contributed by atoms with Gasteiger partial charge < -0.3 is 20.2 Å². The molecule has 1 aliphatic rings. The maximum Gasteiger partial charge on any atom is 0.251 e. The van der Waals surface area contributed by atoms with Crippen molar-refractivity contribution in [2.45, 2.75) is 86.7 Å². The molecule has 1 saturated heterocycles. The van der Waals surface area contributed by atoms with Gasteiger partial charge in [-0.15, -0.1) is 0 Å². The van der Waals surface area contributed by atoms with E-state index in [0.29, 0.717) is 12.1 Å². The number of amides is 2. The maximum atomic E-state index is 12.2. The standard InChI is InChI=1S/C16H24N2O2.C7H6F2.C7H15NO.C3H8/c1-12-8-13(2)10-14(9-12)16(20)17-5-3-6-18-7-4-15(19)11-18;1-5-2-6(8)4-7(9)3-5;1-3-5-8(7-9)6-4-2;1-3-2/h8-10,15,19H,3-7,11H2,1-2H3,(H,17,20);2-4H,1H3;7H,3-6H2,1-2H3;3H2,1-2H3. The van der Waals surface area contributed by atoms with E-state index in [0.717, 1.165) is 87.6 Å². The lowest BCUT2D eigenvalue weighted by Crippen LogP contribution is -2.29. The SMILES string of the molecule is CCC.CCCN(C=O)CCC.Cc1cc(C)cc(C(=O)NCCCN2CCC(O)C2)c1.Cc1cc(F)cc(F)c1. The molecule has 2 N–H and O–H groups in total. The van der Waals surface area contributed by atoms with Gasteiger partial charge in [0.1, 0.15) is 11.6 Å². The Morgan fingerprint density at radius 1 is 0.951 bits per heavy atom. The van der Waals surface area contributed by atoms with Gasteiger partial charge in [0, 0.05) is 44.4 Å². The molecular formula is C33H53F2N3O3. The van der Waals surface area contributed by atoms with Crippen LogP contribution in [0.4, 0.5) is 8.78 Å². The van der Waals surface area contributed by atoms with Crippen LogP contribution < -0.4 is 5.32 Å². The number of carbonyl (C=O) groups is 2. The molecule has 0 saturated carbocycles. The van der Waals surface area contributed by atoms with Gasteiger partial charge in [-0.2, -0.15) is 0 Å². The predicted octanol–water partition coefficient (Wildman–Crippen LogP) is 6.44. The van der Waals surface area contributed by atoms with Crippen molar-refractivity contribution in [3.63, 3.8) is 0 Å². The van der Waals surface area contributed by atoms with Crippen LogP contribution in [0.3, 0.4) is 0 Å². The fraction of sp³-hybridized carbons (Fsp3) is 0.576. The second-order valence-corrected chi connectivity index (χ2v) is 10.5. The van der Waals surface area contributed by atoms with Gasteiger partial charge in [-0.1, -0.05) is 51.3 Å². The first-order valence-corrected chi connectivity index (χ1v) is 14.9. The summed E-state index contributed by atoms with van der Waals surface area (Å²) >= 11 is 0. The topological polar surface area (TPSA) is 72.9 Å². The molecule has 0 bridgehead atoms. The molecule has 2 aromatic rings. The monoisotopic (exact) mass is 577 g/mol. The number of rotatable bonds is 10. The molecule has 1 atom stereocenters. The normalized spacial score (nSPS) is 14.0. The number of aliphatic hydroxyl groups excluding tert-OH is 1. The van der Waals surface area contributed by atoms with Crippen LogP contribution in [0.1, 0.15) is 86.8 Å². The highest BCUT2D eigenvalue weighted by molar-refractivity contribution is 5.94. The summed E-state index contributed by atoms with van der Waals surface area (Å²) in [6.45, 7) is 19.2. The highest BCUT2D eigenvalue weighted by Gasteiger charge is 2.19. The number of hydrogen-bond donors (Lipinski definition) is 2. The Balaban J connectivity index is 0.000000634. The molecule has 2 aromatic carbocycles. The van der Waals surface area contributed by atoms with E-state index in [2.05, 4.69) is 44.0 Å². The molecule has 1 fully saturated rings. The van der Waals surface area contributed by atoms with E-state index in [1.807, 2.05) is 26.0 Å². The van der Waals surface area contributed by atoms with Crippen LogP contribution in [0, 0.1) is 32.4 Å². The van der Waals surface area contributed by atoms with Crippen molar-refractivity contribution < 1.29 is 23.5 Å². The first kappa shape index (κ1) is 38.2. The summed E-state index contributed by atoms with van der Waals surface area (Å²) in [7, 11) is 0. The molecule has 232 valence electrons. The number of hydrogen-bond acceptors (Lipinski definition) is 4. The lowest BCUT2D eigenvalue weighted by molar-refractivity contribution is -0.118. The van der Waals surface area contributed by atoms with Crippen molar-refractivity contribution in [2.24, 2.45) is 0 Å². The highest BCUT2D eigenvalue weighted by atomic mass is 19.1. The van der Waals surface area contributed by atoms with Crippen molar-refractivity contribution in [2.75, 3.05) is 39.3 Å². The summed E-state index contributed by atoms with van der Waals surface area (Å²) in [6.07, 6.45) is 5.91. The number of benzene rings is 2. The third kappa shape index (κ3) is 19.0. The minimum Gasteiger partial charge on any atom is -0.392 e. The number of aliphatic hydroxyl groups is 1. The van der Waals surface area contributed by atoms with Crippen LogP contribution in [0.2, 0.25) is 0 Å². The Kier molecular flexibility index (Phi) is 21.2. The van der Waals surface area contributed by atoms with E-state index in [1.165, 1.54) is 18.6 Å². The molecule has 41 heavy (non-hydrogen) atoms. The van der Waals surface area contributed by atoms with Crippen LogP contribution in [-0.2, 0) is 4.79 Å². The summed E-state index contributed by atoms with van der Waals surface area (Å²) in [5.74, 6) is -1.04. The first-order chi connectivity index (χ1) is 19.5. The fourth-order valence-corrected chi connectivity index (χ4v) is 4.21. The van der Waals surface area contributed by atoms with Crippen LogP contribution in [0.15, 0.2) is 36.4 Å². The lowest BCUT2D eigenvalue weighted by atomic mass is 10.1. The molecule has 6 nitrogen and oxygen atoms in total. The van der Waals surface area contributed by atoms with Gasteiger partial charge in [-0.05, 0) is 82.8 Å². The van der Waals surface area contributed by atoms with Gasteiger partial charge in [0.15, 0.2) is 0 Å². The van der Waals surface area contributed by atoms with Gasteiger partial charge in [0.2, 0.25) is 6.41 Å². The summed E-state index contributed by atoms with van der Waals surface area (Å²) in [4.78, 5) is 26.3. The Hall–Kier alpha value is -2.84. The number of likely N-dealkylation sites (tertiary alicyclic amines) is 1. The fourth-order valence-electron chi connectivity index (χ4n) is 4.21. The average Bonchev–Trinajstić information content (AvgIpc) is 3.31. The summed E-state index contributed by atoms with van der Waals surface area (Å²) in [5, 5.41) is 12.4. The van der Waals surface area contributed by atoms with Crippen molar-refractivity contribution >= 4 is 12.3 Å². The molecular weight excluding hydrogens is 524 g/mol. The van der Waals surface area contributed by atoms with Gasteiger partial charge in [0.25, 0.3) is 5.91 Å². The minimum absolute atomic E-state index is 0.00161. The van der Waals surface area contributed by atoms with Crippen molar-refractivity contribution in [1.82, 2.24) is 15.1 Å². The Bertz CT molecular complexity index is 927. The predicted molar refractivity (Wildman–Crippen MR) is 165 cm³/mol. The van der Waals surface area contributed by atoms with Crippen LogP contribution in [0.5, 0.6) is 0 Å². The molecule has 2 amide bonds. The van der Waals surface area contributed by atoms with Crippen molar-refractivity contribution in [3.05, 3.63) is 70.3 Å². The lowest BCUT2D eigenvalue weighted by Gasteiger charge is -2.14. The number of halogens is 2. The highest BCUT2D eigenvalue weighted by Crippen LogP contribution is 2.10. The molecule has 1 heterocycles. The number of carbonyl (C=O) groups excluding carboxylic acids is 2. The van der Waals surface area contributed by atoms with Gasteiger partial charge in [0.05, 0.1) is 6.10 Å². The number of nitrogens with one attached hydrogen (secondary N) is 1. The molecule has 0 radical (unpaired) electrons. The minimum atomic E-state index is -0.521.